The van der Waals surface area contributed by atoms with Gasteiger partial charge in [-0.1, -0.05) is 12.1 Å². The lowest BCUT2D eigenvalue weighted by Crippen LogP contribution is -2.05. The lowest BCUT2D eigenvalue weighted by Gasteiger charge is -2.10. The molecule has 0 aliphatic heterocycles. The van der Waals surface area contributed by atoms with Gasteiger partial charge < -0.3 is 16.2 Å². The number of hydrogen-bond acceptors (Lipinski definition) is 3. The van der Waals surface area contributed by atoms with Gasteiger partial charge in [-0.15, -0.1) is 0 Å². The monoisotopic (exact) mass is 260 g/mol. The summed E-state index contributed by atoms with van der Waals surface area (Å²) >= 11 is 0. The Morgan fingerprint density at radius 1 is 1.26 bits per heavy atom. The SMILES string of the molecule is Nc1ccc(C(=O)O)cc1NCc1cccc(F)c1. The predicted octanol–water partition coefficient (Wildman–Crippen LogP) is 2.72. The zero-order valence-electron chi connectivity index (χ0n) is 10.1. The van der Waals surface area contributed by atoms with Crippen LogP contribution in [-0.2, 0) is 6.54 Å². The van der Waals surface area contributed by atoms with Gasteiger partial charge in [0, 0.05) is 6.54 Å². The van der Waals surface area contributed by atoms with Gasteiger partial charge in [0.15, 0.2) is 0 Å². The first-order valence-corrected chi connectivity index (χ1v) is 5.67. The minimum Gasteiger partial charge on any atom is -0.478 e. The molecule has 2 aromatic rings. The largest absolute Gasteiger partial charge is 0.478 e. The normalized spacial score (nSPS) is 10.2. The first-order valence-electron chi connectivity index (χ1n) is 5.67. The lowest BCUT2D eigenvalue weighted by molar-refractivity contribution is 0.0697. The van der Waals surface area contributed by atoms with Crippen LogP contribution in [0.2, 0.25) is 0 Å². The molecule has 0 spiro atoms. The smallest absolute Gasteiger partial charge is 0.335 e. The molecule has 19 heavy (non-hydrogen) atoms. The van der Waals surface area contributed by atoms with Crippen molar-refractivity contribution in [3.05, 3.63) is 59.4 Å². The topological polar surface area (TPSA) is 75.4 Å². The first kappa shape index (κ1) is 12.9. The van der Waals surface area contributed by atoms with E-state index in [1.807, 2.05) is 0 Å². The van der Waals surface area contributed by atoms with Crippen molar-refractivity contribution in [2.45, 2.75) is 6.54 Å². The number of nitrogen functional groups attached to an aromatic ring is 1. The van der Waals surface area contributed by atoms with Crippen molar-refractivity contribution < 1.29 is 14.3 Å². The van der Waals surface area contributed by atoms with Crippen LogP contribution in [0.1, 0.15) is 15.9 Å². The highest BCUT2D eigenvalue weighted by molar-refractivity contribution is 5.90. The van der Waals surface area contributed by atoms with Crippen LogP contribution in [0.4, 0.5) is 15.8 Å². The van der Waals surface area contributed by atoms with Crippen LogP contribution in [0.15, 0.2) is 42.5 Å². The van der Waals surface area contributed by atoms with Crippen molar-refractivity contribution in [3.63, 3.8) is 0 Å². The Bertz CT molecular complexity index is 614. The van der Waals surface area contributed by atoms with Crippen molar-refractivity contribution in [2.24, 2.45) is 0 Å². The van der Waals surface area contributed by atoms with E-state index in [-0.39, 0.29) is 11.4 Å². The van der Waals surface area contributed by atoms with Crippen molar-refractivity contribution >= 4 is 17.3 Å². The molecule has 0 fully saturated rings. The molecule has 0 aliphatic carbocycles. The Labute approximate surface area is 109 Å². The summed E-state index contributed by atoms with van der Waals surface area (Å²) in [6, 6.07) is 10.6. The second-order valence-corrected chi connectivity index (χ2v) is 4.09. The Morgan fingerprint density at radius 2 is 2.05 bits per heavy atom. The van der Waals surface area contributed by atoms with E-state index in [1.165, 1.54) is 30.3 Å². The number of benzene rings is 2. The Morgan fingerprint density at radius 3 is 2.74 bits per heavy atom. The summed E-state index contributed by atoms with van der Waals surface area (Å²) in [7, 11) is 0. The number of halogens is 1. The average Bonchev–Trinajstić information content (AvgIpc) is 2.37. The zero-order valence-corrected chi connectivity index (χ0v) is 10.1. The molecule has 0 unspecified atom stereocenters. The summed E-state index contributed by atoms with van der Waals surface area (Å²) < 4.78 is 13.0. The number of nitrogens with two attached hydrogens (primary N) is 1. The molecule has 2 aromatic carbocycles. The van der Waals surface area contributed by atoms with E-state index in [4.69, 9.17) is 10.8 Å². The van der Waals surface area contributed by atoms with Crippen LogP contribution in [0.5, 0.6) is 0 Å². The molecule has 0 heterocycles. The van der Waals surface area contributed by atoms with Gasteiger partial charge in [0.05, 0.1) is 16.9 Å². The highest BCUT2D eigenvalue weighted by atomic mass is 19.1. The van der Waals surface area contributed by atoms with E-state index >= 15 is 0 Å². The highest BCUT2D eigenvalue weighted by Crippen LogP contribution is 2.21. The predicted molar refractivity (Wildman–Crippen MR) is 71.5 cm³/mol. The molecule has 0 atom stereocenters. The second kappa shape index (κ2) is 5.39. The van der Waals surface area contributed by atoms with E-state index in [0.717, 1.165) is 5.56 Å². The van der Waals surface area contributed by atoms with E-state index < -0.39 is 5.97 Å². The first-order chi connectivity index (χ1) is 9.06. The van der Waals surface area contributed by atoms with Gasteiger partial charge in [0.25, 0.3) is 0 Å². The molecule has 0 aromatic heterocycles. The molecule has 2 rings (SSSR count). The minimum absolute atomic E-state index is 0.149. The van der Waals surface area contributed by atoms with Crippen LogP contribution in [0.3, 0.4) is 0 Å². The summed E-state index contributed by atoms with van der Waals surface area (Å²) in [6.07, 6.45) is 0. The molecule has 0 aliphatic rings. The van der Waals surface area contributed by atoms with Crippen molar-refractivity contribution in [1.29, 1.82) is 0 Å². The summed E-state index contributed by atoms with van der Waals surface area (Å²) in [5.74, 6) is -1.33. The molecule has 5 heteroatoms. The van der Waals surface area contributed by atoms with Crippen molar-refractivity contribution in [1.82, 2.24) is 0 Å². The second-order valence-electron chi connectivity index (χ2n) is 4.09. The molecule has 0 amide bonds. The molecule has 0 saturated heterocycles. The van der Waals surface area contributed by atoms with Crippen molar-refractivity contribution in [2.75, 3.05) is 11.1 Å². The molecular formula is C14H13FN2O2. The third-order valence-electron chi connectivity index (χ3n) is 2.67. The maximum atomic E-state index is 13.0. The Kier molecular flexibility index (Phi) is 3.66. The molecule has 98 valence electrons. The van der Waals surface area contributed by atoms with Gasteiger partial charge in [0.1, 0.15) is 5.82 Å². The van der Waals surface area contributed by atoms with E-state index in [0.29, 0.717) is 17.9 Å². The number of rotatable bonds is 4. The highest BCUT2D eigenvalue weighted by Gasteiger charge is 2.06. The Balaban J connectivity index is 2.15. The number of aromatic carboxylic acids is 1. The number of carbonyl (C=O) groups is 1. The molecule has 0 radical (unpaired) electrons. The van der Waals surface area contributed by atoms with Crippen LogP contribution in [-0.4, -0.2) is 11.1 Å². The van der Waals surface area contributed by atoms with Gasteiger partial charge in [-0.25, -0.2) is 9.18 Å². The van der Waals surface area contributed by atoms with E-state index in [2.05, 4.69) is 5.32 Å². The third-order valence-corrected chi connectivity index (χ3v) is 2.67. The average molecular weight is 260 g/mol. The number of anilines is 2. The maximum absolute atomic E-state index is 13.0. The van der Waals surface area contributed by atoms with Crippen LogP contribution in [0, 0.1) is 5.82 Å². The van der Waals surface area contributed by atoms with Gasteiger partial charge in [-0.2, -0.15) is 0 Å². The Hall–Kier alpha value is -2.56. The summed E-state index contributed by atoms with van der Waals surface area (Å²) in [6.45, 7) is 0.366. The zero-order chi connectivity index (χ0) is 13.8. The molecular weight excluding hydrogens is 247 g/mol. The van der Waals surface area contributed by atoms with Gasteiger partial charge in [-0.3, -0.25) is 0 Å². The molecule has 0 saturated carbocycles. The van der Waals surface area contributed by atoms with Crippen LogP contribution < -0.4 is 11.1 Å². The number of nitrogens with one attached hydrogen (secondary N) is 1. The van der Waals surface area contributed by atoms with Gasteiger partial charge in [-0.05, 0) is 35.9 Å². The quantitative estimate of drug-likeness (QED) is 0.739. The fourth-order valence-electron chi connectivity index (χ4n) is 1.69. The summed E-state index contributed by atoms with van der Waals surface area (Å²) in [5.41, 5.74) is 7.62. The maximum Gasteiger partial charge on any atom is 0.335 e. The molecule has 4 nitrogen and oxygen atoms in total. The van der Waals surface area contributed by atoms with Crippen LogP contribution >= 0.6 is 0 Å². The van der Waals surface area contributed by atoms with E-state index in [1.54, 1.807) is 12.1 Å². The molecule has 0 bridgehead atoms. The fourth-order valence-corrected chi connectivity index (χ4v) is 1.69. The van der Waals surface area contributed by atoms with Crippen molar-refractivity contribution in [3.8, 4) is 0 Å². The minimum atomic E-state index is -1.02. The molecule has 4 N–H and O–H groups in total. The lowest BCUT2D eigenvalue weighted by atomic mass is 10.1. The van der Waals surface area contributed by atoms with Gasteiger partial charge >= 0.3 is 5.97 Å². The number of carboxylic acid groups (broad SMARTS) is 1. The number of carboxylic acids is 1. The summed E-state index contributed by atoms with van der Waals surface area (Å²) in [5, 5.41) is 11.9. The fraction of sp³-hybridized carbons (Fsp3) is 0.0714. The van der Waals surface area contributed by atoms with E-state index in [9.17, 15) is 9.18 Å². The standard InChI is InChI=1S/C14H13FN2O2/c15-11-3-1-2-9(6-11)8-17-13-7-10(14(18)19)4-5-12(13)16/h1-7,17H,8,16H2,(H,18,19). The van der Waals surface area contributed by atoms with Crippen LogP contribution in [0.25, 0.3) is 0 Å². The number of hydrogen-bond donors (Lipinski definition) is 3. The third kappa shape index (κ3) is 3.22. The van der Waals surface area contributed by atoms with Gasteiger partial charge in [0.2, 0.25) is 0 Å². The summed E-state index contributed by atoms with van der Waals surface area (Å²) in [4.78, 5) is 10.9.